The zero-order valence-corrected chi connectivity index (χ0v) is 15.8. The number of rotatable bonds is 4. The van der Waals surface area contributed by atoms with Gasteiger partial charge in [-0.05, 0) is 36.3 Å². The molecule has 128 valence electrons. The predicted molar refractivity (Wildman–Crippen MR) is 105 cm³/mol. The van der Waals surface area contributed by atoms with E-state index in [-0.39, 0.29) is 5.91 Å². The van der Waals surface area contributed by atoms with Crippen LogP contribution in [-0.2, 0) is 19.3 Å². The maximum Gasteiger partial charge on any atom is 0.258 e. The van der Waals surface area contributed by atoms with E-state index in [0.29, 0.717) is 5.13 Å². The first-order valence-electron chi connectivity index (χ1n) is 8.58. The van der Waals surface area contributed by atoms with Crippen LogP contribution in [0.4, 0.5) is 5.13 Å². The average molecular weight is 369 g/mol. The maximum atomic E-state index is 12.7. The lowest BCUT2D eigenvalue weighted by atomic mass is 9.88. The molecule has 1 aromatic carbocycles. The summed E-state index contributed by atoms with van der Waals surface area (Å²) in [6.45, 7) is 2.28. The molecule has 0 bridgehead atoms. The summed E-state index contributed by atoms with van der Waals surface area (Å²) in [7, 11) is 0. The molecular formula is C20H20N2OS2. The monoisotopic (exact) mass is 368 g/mol. The molecule has 1 atom stereocenters. The van der Waals surface area contributed by atoms with Gasteiger partial charge in [0.1, 0.15) is 0 Å². The molecule has 0 aliphatic heterocycles. The minimum Gasteiger partial charge on any atom is -0.298 e. The van der Waals surface area contributed by atoms with Crippen LogP contribution in [0.3, 0.4) is 0 Å². The van der Waals surface area contributed by atoms with E-state index in [1.54, 1.807) is 22.7 Å². The molecule has 0 saturated heterocycles. The molecule has 3 aromatic rings. The summed E-state index contributed by atoms with van der Waals surface area (Å²) < 4.78 is 0. The number of carbonyl (C=O) groups excluding carboxylic acids is 1. The third-order valence-corrected chi connectivity index (χ3v) is 6.61. The molecule has 2 aromatic heterocycles. The zero-order valence-electron chi connectivity index (χ0n) is 14.1. The fraction of sp³-hybridized carbons (Fsp3) is 0.300. The molecule has 1 N–H and O–H groups in total. The van der Waals surface area contributed by atoms with Gasteiger partial charge in [0.05, 0.1) is 5.56 Å². The van der Waals surface area contributed by atoms with Crippen LogP contribution in [0.1, 0.15) is 44.6 Å². The van der Waals surface area contributed by atoms with Crippen molar-refractivity contribution in [3.8, 4) is 0 Å². The number of benzene rings is 1. The molecule has 0 unspecified atom stereocenters. The topological polar surface area (TPSA) is 42.0 Å². The van der Waals surface area contributed by atoms with Crippen LogP contribution >= 0.6 is 22.7 Å². The summed E-state index contributed by atoms with van der Waals surface area (Å²) >= 11 is 3.28. The van der Waals surface area contributed by atoms with Crippen LogP contribution in [0.25, 0.3) is 0 Å². The Kier molecular flexibility index (Phi) is 4.68. The molecule has 1 amide bonds. The molecule has 25 heavy (non-hydrogen) atoms. The van der Waals surface area contributed by atoms with Crippen LogP contribution in [0.5, 0.6) is 0 Å². The van der Waals surface area contributed by atoms with Gasteiger partial charge in [0, 0.05) is 27.8 Å². The SMILES string of the molecule is C[C@H]1CCc2c(C(=O)Nc3ncc(Cc4ccccc4)s3)csc2C1. The number of anilines is 1. The van der Waals surface area contributed by atoms with Gasteiger partial charge in [-0.1, -0.05) is 37.3 Å². The van der Waals surface area contributed by atoms with Gasteiger partial charge in [-0.25, -0.2) is 4.98 Å². The highest BCUT2D eigenvalue weighted by atomic mass is 32.1. The van der Waals surface area contributed by atoms with Crippen molar-refractivity contribution in [3.63, 3.8) is 0 Å². The van der Waals surface area contributed by atoms with Gasteiger partial charge in [0.15, 0.2) is 5.13 Å². The normalized spacial score (nSPS) is 16.4. The number of thiazole rings is 1. The smallest absolute Gasteiger partial charge is 0.258 e. The van der Waals surface area contributed by atoms with Crippen LogP contribution in [0, 0.1) is 5.92 Å². The maximum absolute atomic E-state index is 12.7. The van der Waals surface area contributed by atoms with E-state index < -0.39 is 0 Å². The Bertz CT molecular complexity index is 882. The number of hydrogen-bond acceptors (Lipinski definition) is 4. The predicted octanol–water partition coefficient (Wildman–Crippen LogP) is 5.17. The number of thiophene rings is 1. The lowest BCUT2D eigenvalue weighted by molar-refractivity contribution is 0.102. The molecule has 0 spiro atoms. The lowest BCUT2D eigenvalue weighted by Gasteiger charge is -2.18. The Balaban J connectivity index is 1.45. The third-order valence-electron chi connectivity index (χ3n) is 4.64. The Morgan fingerprint density at radius 3 is 3.00 bits per heavy atom. The van der Waals surface area contributed by atoms with Crippen molar-refractivity contribution in [2.24, 2.45) is 5.92 Å². The number of aromatic nitrogens is 1. The first-order chi connectivity index (χ1) is 12.2. The molecule has 5 heteroatoms. The molecule has 0 saturated carbocycles. The van der Waals surface area contributed by atoms with Gasteiger partial charge in [0.2, 0.25) is 0 Å². The summed E-state index contributed by atoms with van der Waals surface area (Å²) in [5, 5.41) is 5.68. The highest BCUT2D eigenvalue weighted by Crippen LogP contribution is 2.33. The largest absolute Gasteiger partial charge is 0.298 e. The molecule has 1 aliphatic carbocycles. The van der Waals surface area contributed by atoms with Crippen LogP contribution < -0.4 is 5.32 Å². The van der Waals surface area contributed by atoms with Gasteiger partial charge in [-0.2, -0.15) is 0 Å². The fourth-order valence-corrected chi connectivity index (χ4v) is 5.36. The Hall–Kier alpha value is -1.98. The van der Waals surface area contributed by atoms with Gasteiger partial charge >= 0.3 is 0 Å². The van der Waals surface area contributed by atoms with E-state index >= 15 is 0 Å². The summed E-state index contributed by atoms with van der Waals surface area (Å²) in [5.74, 6) is 0.703. The minimum atomic E-state index is -0.0207. The van der Waals surface area contributed by atoms with Crippen molar-refractivity contribution < 1.29 is 4.79 Å². The van der Waals surface area contributed by atoms with Gasteiger partial charge in [-0.15, -0.1) is 22.7 Å². The number of nitrogens with one attached hydrogen (secondary N) is 1. The van der Waals surface area contributed by atoms with Crippen molar-refractivity contribution in [1.29, 1.82) is 0 Å². The van der Waals surface area contributed by atoms with E-state index in [4.69, 9.17) is 0 Å². The molecule has 1 aliphatic rings. The van der Waals surface area contributed by atoms with Crippen molar-refractivity contribution >= 4 is 33.7 Å². The van der Waals surface area contributed by atoms with E-state index in [1.807, 2.05) is 29.8 Å². The summed E-state index contributed by atoms with van der Waals surface area (Å²) in [5.41, 5.74) is 3.35. The Morgan fingerprint density at radius 2 is 2.16 bits per heavy atom. The van der Waals surface area contributed by atoms with Gasteiger partial charge in [-0.3, -0.25) is 10.1 Å². The molecule has 2 heterocycles. The molecule has 0 fully saturated rings. The van der Waals surface area contributed by atoms with Crippen molar-refractivity contribution in [2.45, 2.75) is 32.6 Å². The third kappa shape index (κ3) is 3.67. The fourth-order valence-electron chi connectivity index (χ4n) is 3.28. The second-order valence-electron chi connectivity index (χ2n) is 6.65. The number of hydrogen-bond donors (Lipinski definition) is 1. The van der Waals surface area contributed by atoms with Crippen molar-refractivity contribution in [1.82, 2.24) is 4.98 Å². The van der Waals surface area contributed by atoms with Crippen molar-refractivity contribution in [2.75, 3.05) is 5.32 Å². The lowest BCUT2D eigenvalue weighted by Crippen LogP contribution is -2.16. The van der Waals surface area contributed by atoms with E-state index in [9.17, 15) is 4.79 Å². The number of carbonyl (C=O) groups is 1. The summed E-state index contributed by atoms with van der Waals surface area (Å²) in [4.78, 5) is 19.6. The van der Waals surface area contributed by atoms with E-state index in [1.165, 1.54) is 22.4 Å². The number of amides is 1. The van der Waals surface area contributed by atoms with E-state index in [2.05, 4.69) is 29.4 Å². The Labute approximate surface area is 155 Å². The van der Waals surface area contributed by atoms with Crippen LogP contribution in [0.15, 0.2) is 41.9 Å². The molecule has 4 rings (SSSR count). The first kappa shape index (κ1) is 16.5. The highest BCUT2D eigenvalue weighted by Gasteiger charge is 2.23. The minimum absolute atomic E-state index is 0.0207. The second kappa shape index (κ2) is 7.10. The average Bonchev–Trinajstić information content (AvgIpc) is 3.22. The first-order valence-corrected chi connectivity index (χ1v) is 10.3. The summed E-state index contributed by atoms with van der Waals surface area (Å²) in [6.07, 6.45) is 5.99. The number of fused-ring (bicyclic) bond motifs is 1. The quantitative estimate of drug-likeness (QED) is 0.690. The molecular weight excluding hydrogens is 348 g/mol. The number of nitrogens with zero attached hydrogens (tertiary/aromatic N) is 1. The van der Waals surface area contributed by atoms with Gasteiger partial charge in [0.25, 0.3) is 5.91 Å². The van der Waals surface area contributed by atoms with Crippen LogP contribution in [-0.4, -0.2) is 10.9 Å². The summed E-state index contributed by atoms with van der Waals surface area (Å²) in [6, 6.07) is 10.3. The molecule has 3 nitrogen and oxygen atoms in total. The zero-order chi connectivity index (χ0) is 17.2. The standard InChI is InChI=1S/C20H20N2OS2/c1-13-7-8-16-17(12-24-18(16)9-13)19(23)22-20-21-11-15(25-20)10-14-5-3-2-4-6-14/h2-6,11-13H,7-10H2,1H3,(H,21,22,23)/t13-/m0/s1. The molecule has 0 radical (unpaired) electrons. The highest BCUT2D eigenvalue weighted by molar-refractivity contribution is 7.15. The van der Waals surface area contributed by atoms with E-state index in [0.717, 1.165) is 35.6 Å². The Morgan fingerprint density at radius 1 is 1.32 bits per heavy atom. The van der Waals surface area contributed by atoms with Crippen molar-refractivity contribution in [3.05, 3.63) is 68.4 Å². The van der Waals surface area contributed by atoms with Gasteiger partial charge < -0.3 is 0 Å². The van der Waals surface area contributed by atoms with Crippen LogP contribution in [0.2, 0.25) is 0 Å². The second-order valence-corrected chi connectivity index (χ2v) is 8.73.